The maximum absolute atomic E-state index is 12.5. The van der Waals surface area contributed by atoms with Crippen LogP contribution in [0.15, 0.2) is 39.2 Å². The summed E-state index contributed by atoms with van der Waals surface area (Å²) in [5.74, 6) is 0.854. The van der Waals surface area contributed by atoms with Crippen LogP contribution in [-0.2, 0) is 10.0 Å². The number of hydrogen-bond acceptors (Lipinski definition) is 5. The fourth-order valence-corrected chi connectivity index (χ4v) is 7.18. The molecule has 20 heavy (non-hydrogen) atoms. The van der Waals surface area contributed by atoms with E-state index in [0.717, 1.165) is 12.2 Å². The standard InChI is InChI=1S/C13H15NO2S4/c15-20(16,13-4-2-9-19-13)14-6-5-12(18-10-7-14)11-3-1-8-17-11/h1-4,8-9,12H,5-7,10H2/t12-/m1/s1. The van der Waals surface area contributed by atoms with E-state index < -0.39 is 10.0 Å². The average molecular weight is 346 g/mol. The first-order valence-corrected chi connectivity index (χ1v) is 10.6. The molecule has 0 aromatic carbocycles. The monoisotopic (exact) mass is 345 g/mol. The molecule has 1 atom stereocenters. The van der Waals surface area contributed by atoms with Crippen molar-refractivity contribution in [2.24, 2.45) is 0 Å². The van der Waals surface area contributed by atoms with E-state index in [-0.39, 0.29) is 0 Å². The molecule has 0 radical (unpaired) electrons. The number of rotatable bonds is 3. The molecule has 1 saturated heterocycles. The summed E-state index contributed by atoms with van der Waals surface area (Å²) in [6.45, 7) is 1.21. The number of hydrogen-bond donors (Lipinski definition) is 0. The van der Waals surface area contributed by atoms with E-state index in [1.54, 1.807) is 27.8 Å². The highest BCUT2D eigenvalue weighted by atomic mass is 32.2. The second-order valence-electron chi connectivity index (χ2n) is 4.50. The molecule has 0 unspecified atom stereocenters. The zero-order chi connectivity index (χ0) is 14.0. The first kappa shape index (κ1) is 14.6. The predicted molar refractivity (Wildman–Crippen MR) is 87.2 cm³/mol. The fourth-order valence-electron chi connectivity index (χ4n) is 2.23. The molecule has 3 heterocycles. The normalized spacial score (nSPS) is 21.7. The summed E-state index contributed by atoms with van der Waals surface area (Å²) in [6, 6.07) is 7.69. The molecule has 0 N–H and O–H groups in total. The third-order valence-corrected chi connectivity index (χ3v) is 8.97. The molecule has 0 amide bonds. The van der Waals surface area contributed by atoms with E-state index >= 15 is 0 Å². The highest BCUT2D eigenvalue weighted by molar-refractivity contribution is 7.99. The maximum atomic E-state index is 12.5. The quantitative estimate of drug-likeness (QED) is 0.851. The zero-order valence-electron chi connectivity index (χ0n) is 10.8. The van der Waals surface area contributed by atoms with Crippen molar-refractivity contribution in [1.29, 1.82) is 0 Å². The highest BCUT2D eigenvalue weighted by Crippen LogP contribution is 2.37. The summed E-state index contributed by atoms with van der Waals surface area (Å²) in [5, 5.41) is 4.33. The molecule has 3 nitrogen and oxygen atoms in total. The Balaban J connectivity index is 1.75. The molecule has 1 aliphatic heterocycles. The molecule has 0 saturated carbocycles. The number of nitrogens with zero attached hydrogens (tertiary/aromatic N) is 1. The van der Waals surface area contributed by atoms with Crippen molar-refractivity contribution in [3.63, 3.8) is 0 Å². The summed E-state index contributed by atoms with van der Waals surface area (Å²) in [5.41, 5.74) is 0. The van der Waals surface area contributed by atoms with Crippen LogP contribution in [0.2, 0.25) is 0 Å². The first-order valence-electron chi connectivity index (χ1n) is 6.36. The van der Waals surface area contributed by atoms with Crippen LogP contribution >= 0.6 is 34.4 Å². The van der Waals surface area contributed by atoms with E-state index in [2.05, 4.69) is 17.5 Å². The van der Waals surface area contributed by atoms with Gasteiger partial charge in [-0.1, -0.05) is 12.1 Å². The van der Waals surface area contributed by atoms with E-state index in [0.29, 0.717) is 22.5 Å². The van der Waals surface area contributed by atoms with E-state index in [4.69, 9.17) is 0 Å². The molecular weight excluding hydrogens is 330 g/mol. The molecule has 7 heteroatoms. The Bertz CT molecular complexity index is 634. The SMILES string of the molecule is O=S(=O)(c1cccs1)N1CCS[C@@H](c2cccs2)CC1. The van der Waals surface area contributed by atoms with Crippen LogP contribution in [0.25, 0.3) is 0 Å². The summed E-state index contributed by atoms with van der Waals surface area (Å²) in [7, 11) is -3.29. The van der Waals surface area contributed by atoms with Gasteiger partial charge in [-0.25, -0.2) is 8.42 Å². The van der Waals surface area contributed by atoms with Crippen molar-refractivity contribution in [2.45, 2.75) is 15.9 Å². The second-order valence-corrected chi connectivity index (χ2v) is 9.90. The lowest BCUT2D eigenvalue weighted by Gasteiger charge is -2.18. The Morgan fingerprint density at radius 1 is 1.10 bits per heavy atom. The van der Waals surface area contributed by atoms with Crippen LogP contribution in [-0.4, -0.2) is 31.6 Å². The summed E-state index contributed by atoms with van der Waals surface area (Å²) in [6.07, 6.45) is 0.885. The molecule has 2 aromatic rings. The Labute approximate surface area is 131 Å². The molecule has 108 valence electrons. The molecule has 3 rings (SSSR count). The minimum atomic E-state index is -3.29. The van der Waals surface area contributed by atoms with Crippen LogP contribution in [0.4, 0.5) is 0 Å². The molecule has 0 spiro atoms. The van der Waals surface area contributed by atoms with E-state index in [9.17, 15) is 8.42 Å². The smallest absolute Gasteiger partial charge is 0.206 e. The van der Waals surface area contributed by atoms with Gasteiger partial charge in [0.05, 0.1) is 0 Å². The summed E-state index contributed by atoms with van der Waals surface area (Å²) >= 11 is 4.92. The van der Waals surface area contributed by atoms with Crippen LogP contribution in [0.5, 0.6) is 0 Å². The van der Waals surface area contributed by atoms with Gasteiger partial charge in [0.25, 0.3) is 10.0 Å². The highest BCUT2D eigenvalue weighted by Gasteiger charge is 2.29. The molecule has 1 fully saturated rings. The second kappa shape index (κ2) is 6.19. The van der Waals surface area contributed by atoms with Crippen molar-refractivity contribution >= 4 is 44.5 Å². The Morgan fingerprint density at radius 2 is 1.90 bits per heavy atom. The Morgan fingerprint density at radius 3 is 2.60 bits per heavy atom. The van der Waals surface area contributed by atoms with Gasteiger partial charge in [-0.15, -0.1) is 22.7 Å². The van der Waals surface area contributed by atoms with Crippen LogP contribution in [0.3, 0.4) is 0 Å². The Kier molecular flexibility index (Phi) is 4.52. The van der Waals surface area contributed by atoms with Gasteiger partial charge in [0.15, 0.2) is 0 Å². The van der Waals surface area contributed by atoms with Gasteiger partial charge in [-0.05, 0) is 29.3 Å². The van der Waals surface area contributed by atoms with Crippen molar-refractivity contribution in [2.75, 3.05) is 18.8 Å². The number of thiophene rings is 2. The molecule has 0 aliphatic carbocycles. The first-order chi connectivity index (χ1) is 9.68. The van der Waals surface area contributed by atoms with Gasteiger partial charge < -0.3 is 0 Å². The van der Waals surface area contributed by atoms with Crippen LogP contribution < -0.4 is 0 Å². The van der Waals surface area contributed by atoms with Gasteiger partial charge in [0.1, 0.15) is 4.21 Å². The third-order valence-electron chi connectivity index (χ3n) is 3.25. The zero-order valence-corrected chi connectivity index (χ0v) is 14.0. The minimum Gasteiger partial charge on any atom is -0.206 e. The summed E-state index contributed by atoms with van der Waals surface area (Å²) < 4.78 is 27.1. The lowest BCUT2D eigenvalue weighted by molar-refractivity contribution is 0.430. The predicted octanol–water partition coefficient (Wildman–Crippen LogP) is 3.68. The number of sulfonamides is 1. The summed E-state index contributed by atoms with van der Waals surface area (Å²) in [4.78, 5) is 1.35. The van der Waals surface area contributed by atoms with E-state index in [1.807, 2.05) is 17.1 Å². The largest absolute Gasteiger partial charge is 0.252 e. The topological polar surface area (TPSA) is 37.4 Å². The number of thioether (sulfide) groups is 1. The lowest BCUT2D eigenvalue weighted by atomic mass is 10.2. The molecule has 1 aliphatic rings. The Hall–Kier alpha value is -0.340. The average Bonchev–Trinajstić information content (AvgIpc) is 3.08. The van der Waals surface area contributed by atoms with Crippen LogP contribution in [0.1, 0.15) is 16.5 Å². The van der Waals surface area contributed by atoms with E-state index in [1.165, 1.54) is 16.2 Å². The van der Waals surface area contributed by atoms with Crippen LogP contribution in [0, 0.1) is 0 Å². The van der Waals surface area contributed by atoms with Gasteiger partial charge >= 0.3 is 0 Å². The van der Waals surface area contributed by atoms with Gasteiger partial charge in [-0.2, -0.15) is 16.1 Å². The lowest BCUT2D eigenvalue weighted by Crippen LogP contribution is -2.32. The van der Waals surface area contributed by atoms with Crippen molar-refractivity contribution < 1.29 is 8.42 Å². The fraction of sp³-hybridized carbons (Fsp3) is 0.385. The van der Waals surface area contributed by atoms with Gasteiger partial charge in [-0.3, -0.25) is 0 Å². The molecular formula is C13H15NO2S4. The third kappa shape index (κ3) is 2.96. The maximum Gasteiger partial charge on any atom is 0.252 e. The molecule has 2 aromatic heterocycles. The van der Waals surface area contributed by atoms with Crippen molar-refractivity contribution in [1.82, 2.24) is 4.31 Å². The molecule has 0 bridgehead atoms. The van der Waals surface area contributed by atoms with Gasteiger partial charge in [0.2, 0.25) is 0 Å². The van der Waals surface area contributed by atoms with Crippen molar-refractivity contribution in [3.05, 3.63) is 39.9 Å². The minimum absolute atomic E-state index is 0.429. The van der Waals surface area contributed by atoms with Crippen molar-refractivity contribution in [3.8, 4) is 0 Å². The van der Waals surface area contributed by atoms with Gasteiger partial charge in [0, 0.05) is 29.0 Å².